The van der Waals surface area contributed by atoms with Gasteiger partial charge in [-0.1, -0.05) is 19.9 Å². The van der Waals surface area contributed by atoms with Crippen molar-refractivity contribution in [1.82, 2.24) is 4.98 Å². The Hall–Kier alpha value is -1.84. The van der Waals surface area contributed by atoms with Crippen LogP contribution >= 0.6 is 0 Å². The van der Waals surface area contributed by atoms with Gasteiger partial charge in [0.05, 0.1) is 11.8 Å². The number of carbonyl (C=O) groups is 1. The highest BCUT2D eigenvalue weighted by Gasteiger charge is 2.65. The summed E-state index contributed by atoms with van der Waals surface area (Å²) >= 11 is 0. The molecule has 1 aromatic carbocycles. The van der Waals surface area contributed by atoms with Crippen molar-refractivity contribution in [3.63, 3.8) is 0 Å². The summed E-state index contributed by atoms with van der Waals surface area (Å²) in [6.45, 7) is 5.87. The highest BCUT2D eigenvalue weighted by Crippen LogP contribution is 2.64. The molecule has 0 spiro atoms. The second-order valence-corrected chi connectivity index (χ2v) is 5.64. The lowest BCUT2D eigenvalue weighted by atomic mass is 10.1. The molecule has 1 aliphatic rings. The Morgan fingerprint density at radius 2 is 2.17 bits per heavy atom. The molecule has 1 N–H and O–H groups in total. The number of carboxylic acid groups (broad SMARTS) is 1. The van der Waals surface area contributed by atoms with Gasteiger partial charge >= 0.3 is 5.97 Å². The number of hydrogen-bond acceptors (Lipinski definition) is 3. The van der Waals surface area contributed by atoms with E-state index in [-0.39, 0.29) is 11.3 Å². The number of nitrogens with zero attached hydrogens (tertiary/aromatic N) is 1. The van der Waals surface area contributed by atoms with Gasteiger partial charge in [0.1, 0.15) is 5.52 Å². The maximum atomic E-state index is 11.2. The summed E-state index contributed by atoms with van der Waals surface area (Å²) in [5.74, 6) is -0.745. The lowest BCUT2D eigenvalue weighted by Crippen LogP contribution is -2.03. The third-order valence-corrected chi connectivity index (χ3v) is 3.92. The number of aryl methyl sites for hydroxylation is 1. The summed E-state index contributed by atoms with van der Waals surface area (Å²) in [5.41, 5.74) is 2.36. The molecular weight excluding hydrogens is 230 g/mol. The van der Waals surface area contributed by atoms with Gasteiger partial charge in [0, 0.05) is 0 Å². The molecule has 94 valence electrons. The molecule has 1 heterocycles. The van der Waals surface area contributed by atoms with E-state index in [9.17, 15) is 9.90 Å². The second-order valence-electron chi connectivity index (χ2n) is 5.64. The molecule has 1 saturated carbocycles. The van der Waals surface area contributed by atoms with E-state index in [2.05, 4.69) is 4.98 Å². The maximum absolute atomic E-state index is 11.2. The Morgan fingerprint density at radius 1 is 1.44 bits per heavy atom. The molecule has 1 aliphatic carbocycles. The van der Waals surface area contributed by atoms with Crippen LogP contribution in [0.3, 0.4) is 0 Å². The van der Waals surface area contributed by atoms with Gasteiger partial charge in [-0.3, -0.25) is 4.79 Å². The molecule has 4 heteroatoms. The molecule has 2 atom stereocenters. The summed E-state index contributed by atoms with van der Waals surface area (Å²) < 4.78 is 5.71. The van der Waals surface area contributed by atoms with E-state index in [1.165, 1.54) is 0 Å². The fourth-order valence-corrected chi connectivity index (χ4v) is 2.74. The largest absolute Gasteiger partial charge is 0.481 e. The van der Waals surface area contributed by atoms with Gasteiger partial charge in [-0.25, -0.2) is 4.98 Å². The van der Waals surface area contributed by atoms with Crippen LogP contribution in [0.15, 0.2) is 22.6 Å². The third-order valence-electron chi connectivity index (χ3n) is 3.92. The number of carboxylic acids is 1. The van der Waals surface area contributed by atoms with Gasteiger partial charge < -0.3 is 9.52 Å². The Labute approximate surface area is 105 Å². The van der Waals surface area contributed by atoms with Crippen molar-refractivity contribution in [2.45, 2.75) is 26.7 Å². The normalized spacial score (nSPS) is 25.3. The fourth-order valence-electron chi connectivity index (χ4n) is 2.74. The smallest absolute Gasteiger partial charge is 0.307 e. The molecule has 4 nitrogen and oxygen atoms in total. The minimum atomic E-state index is -0.775. The molecule has 3 rings (SSSR count). The van der Waals surface area contributed by atoms with Gasteiger partial charge in [0.2, 0.25) is 0 Å². The molecule has 1 aromatic heterocycles. The zero-order valence-corrected chi connectivity index (χ0v) is 10.6. The van der Waals surface area contributed by atoms with Crippen LogP contribution in [0.4, 0.5) is 0 Å². The van der Waals surface area contributed by atoms with Crippen molar-refractivity contribution in [3.05, 3.63) is 29.7 Å². The Kier molecular flexibility index (Phi) is 2.09. The first-order chi connectivity index (χ1) is 8.41. The Bertz CT molecular complexity index is 642. The van der Waals surface area contributed by atoms with Crippen LogP contribution < -0.4 is 0 Å². The van der Waals surface area contributed by atoms with E-state index in [1.54, 1.807) is 0 Å². The van der Waals surface area contributed by atoms with Crippen molar-refractivity contribution in [3.8, 4) is 0 Å². The van der Waals surface area contributed by atoms with Gasteiger partial charge in [-0.2, -0.15) is 0 Å². The number of oxazole rings is 1. The van der Waals surface area contributed by atoms with E-state index in [1.807, 2.05) is 39.0 Å². The van der Waals surface area contributed by atoms with E-state index in [4.69, 9.17) is 4.42 Å². The predicted octanol–water partition coefficient (Wildman–Crippen LogP) is 2.96. The SMILES string of the molecule is Cc1ccc2nc(C3C(C(=O)O)C3(C)C)oc2c1. The fraction of sp³-hybridized carbons (Fsp3) is 0.429. The summed E-state index contributed by atoms with van der Waals surface area (Å²) in [6.07, 6.45) is 0. The van der Waals surface area contributed by atoms with Crippen LogP contribution in [0.25, 0.3) is 11.1 Å². The van der Waals surface area contributed by atoms with Gasteiger partial charge in [0.25, 0.3) is 0 Å². The zero-order chi connectivity index (χ0) is 13.1. The van der Waals surface area contributed by atoms with Gasteiger partial charge in [0.15, 0.2) is 11.5 Å². The minimum absolute atomic E-state index is 0.122. The van der Waals surface area contributed by atoms with Crippen LogP contribution in [0.2, 0.25) is 0 Å². The number of rotatable bonds is 2. The third kappa shape index (κ3) is 1.45. The summed E-state index contributed by atoms with van der Waals surface area (Å²) in [7, 11) is 0. The first-order valence-electron chi connectivity index (χ1n) is 6.01. The highest BCUT2D eigenvalue weighted by molar-refractivity contribution is 5.78. The van der Waals surface area contributed by atoms with E-state index >= 15 is 0 Å². The summed E-state index contributed by atoms with van der Waals surface area (Å²) in [6, 6.07) is 5.81. The molecule has 1 fully saturated rings. The van der Waals surface area contributed by atoms with Crippen molar-refractivity contribution in [2.24, 2.45) is 11.3 Å². The average Bonchev–Trinajstić information content (AvgIpc) is 2.66. The number of aromatic nitrogens is 1. The monoisotopic (exact) mass is 245 g/mol. The highest BCUT2D eigenvalue weighted by atomic mass is 16.4. The quantitative estimate of drug-likeness (QED) is 0.883. The first kappa shape index (κ1) is 11.3. The molecule has 0 radical (unpaired) electrons. The van der Waals surface area contributed by atoms with E-state index < -0.39 is 11.9 Å². The predicted molar refractivity (Wildman–Crippen MR) is 66.4 cm³/mol. The standard InChI is InChI=1S/C14H15NO3/c1-7-4-5-8-9(6-7)18-12(15-8)10-11(13(16)17)14(10,2)3/h4-6,10-11H,1-3H3,(H,16,17). The van der Waals surface area contributed by atoms with Gasteiger partial charge in [-0.05, 0) is 30.0 Å². The molecule has 2 aromatic rings. The van der Waals surface area contributed by atoms with E-state index in [0.717, 1.165) is 16.7 Å². The lowest BCUT2D eigenvalue weighted by molar-refractivity contribution is -0.139. The van der Waals surface area contributed by atoms with Crippen molar-refractivity contribution in [1.29, 1.82) is 0 Å². The van der Waals surface area contributed by atoms with Crippen LogP contribution in [0.1, 0.15) is 31.2 Å². The second kappa shape index (κ2) is 3.34. The summed E-state index contributed by atoms with van der Waals surface area (Å²) in [5, 5.41) is 9.17. The molecule has 18 heavy (non-hydrogen) atoms. The Balaban J connectivity index is 2.04. The van der Waals surface area contributed by atoms with Crippen LogP contribution in [0.5, 0.6) is 0 Å². The lowest BCUT2D eigenvalue weighted by Gasteiger charge is -1.96. The van der Waals surface area contributed by atoms with E-state index in [0.29, 0.717) is 5.89 Å². The van der Waals surface area contributed by atoms with Crippen molar-refractivity contribution >= 4 is 17.1 Å². The molecule has 0 bridgehead atoms. The molecular formula is C14H15NO3. The zero-order valence-electron chi connectivity index (χ0n) is 10.6. The van der Waals surface area contributed by atoms with Crippen molar-refractivity contribution in [2.75, 3.05) is 0 Å². The van der Waals surface area contributed by atoms with Crippen LogP contribution in [0, 0.1) is 18.3 Å². The average molecular weight is 245 g/mol. The number of fused-ring (bicyclic) bond motifs is 1. The summed E-state index contributed by atoms with van der Waals surface area (Å²) in [4.78, 5) is 15.6. The number of hydrogen-bond donors (Lipinski definition) is 1. The molecule has 0 saturated heterocycles. The number of aliphatic carboxylic acids is 1. The molecule has 2 unspecified atom stereocenters. The number of benzene rings is 1. The van der Waals surface area contributed by atoms with Crippen molar-refractivity contribution < 1.29 is 14.3 Å². The Morgan fingerprint density at radius 3 is 2.78 bits per heavy atom. The van der Waals surface area contributed by atoms with Gasteiger partial charge in [-0.15, -0.1) is 0 Å². The maximum Gasteiger partial charge on any atom is 0.307 e. The first-order valence-corrected chi connectivity index (χ1v) is 6.01. The molecule has 0 aliphatic heterocycles. The van der Waals surface area contributed by atoms with Crippen LogP contribution in [-0.4, -0.2) is 16.1 Å². The molecule has 0 amide bonds. The minimum Gasteiger partial charge on any atom is -0.481 e. The van der Waals surface area contributed by atoms with Crippen LogP contribution in [-0.2, 0) is 4.79 Å². The topological polar surface area (TPSA) is 63.3 Å².